The van der Waals surface area contributed by atoms with Crippen LogP contribution in [0.5, 0.6) is 0 Å². The summed E-state index contributed by atoms with van der Waals surface area (Å²) in [5.74, 6) is 0.145. The molecular weight excluding hydrogens is 336 g/mol. The molecule has 0 aromatic heterocycles. The van der Waals surface area contributed by atoms with Crippen LogP contribution in [0, 0.1) is 0 Å². The molecule has 0 saturated heterocycles. The van der Waals surface area contributed by atoms with Crippen molar-refractivity contribution in [1.29, 1.82) is 0 Å². The van der Waals surface area contributed by atoms with Crippen LogP contribution in [0.15, 0.2) is 48.5 Å². The summed E-state index contributed by atoms with van der Waals surface area (Å²) in [5, 5.41) is 6.00. The molecule has 0 aliphatic heterocycles. The Morgan fingerprint density at radius 3 is 2.15 bits per heavy atom. The highest BCUT2D eigenvalue weighted by Gasteiger charge is 2.17. The molecule has 2 N–H and O–H groups in total. The third-order valence-corrected chi connectivity index (χ3v) is 5.16. The first-order valence-electron chi connectivity index (χ1n) is 9.85. The Morgan fingerprint density at radius 2 is 1.52 bits per heavy atom. The van der Waals surface area contributed by atoms with Crippen molar-refractivity contribution in [2.75, 3.05) is 5.32 Å². The Kier molecular flexibility index (Phi) is 6.28. The van der Waals surface area contributed by atoms with Gasteiger partial charge in [0, 0.05) is 22.9 Å². The molecule has 4 heteroatoms. The summed E-state index contributed by atoms with van der Waals surface area (Å²) in [6, 6.07) is 15.0. The topological polar surface area (TPSA) is 58.2 Å². The van der Waals surface area contributed by atoms with Crippen LogP contribution in [-0.2, 0) is 0 Å². The highest BCUT2D eigenvalue weighted by molar-refractivity contribution is 6.06. The molecule has 0 heterocycles. The fourth-order valence-electron chi connectivity index (χ4n) is 3.47. The van der Waals surface area contributed by atoms with Crippen LogP contribution in [0.2, 0.25) is 0 Å². The minimum atomic E-state index is -0.209. The number of carbonyl (C=O) groups is 2. The minimum Gasteiger partial charge on any atom is -0.349 e. The zero-order valence-corrected chi connectivity index (χ0v) is 16.1. The molecule has 0 radical (unpaired) electrons. The van der Waals surface area contributed by atoms with E-state index in [9.17, 15) is 9.59 Å². The highest BCUT2D eigenvalue weighted by atomic mass is 16.2. The molecule has 0 bridgehead atoms. The molecule has 1 aliphatic carbocycles. The highest BCUT2D eigenvalue weighted by Crippen LogP contribution is 2.19. The number of amides is 2. The van der Waals surface area contributed by atoms with Gasteiger partial charge in [-0.05, 0) is 54.7 Å². The Labute approximate surface area is 161 Å². The second-order valence-corrected chi connectivity index (χ2v) is 7.62. The lowest BCUT2D eigenvalue weighted by atomic mass is 9.95. The van der Waals surface area contributed by atoms with E-state index in [1.54, 1.807) is 24.3 Å². The molecule has 1 saturated carbocycles. The van der Waals surface area contributed by atoms with Gasteiger partial charge in [-0.3, -0.25) is 9.59 Å². The monoisotopic (exact) mass is 364 g/mol. The molecule has 3 rings (SSSR count). The van der Waals surface area contributed by atoms with Crippen LogP contribution < -0.4 is 10.6 Å². The van der Waals surface area contributed by atoms with Gasteiger partial charge in [-0.1, -0.05) is 51.3 Å². The first kappa shape index (κ1) is 19.2. The van der Waals surface area contributed by atoms with Crippen LogP contribution in [0.3, 0.4) is 0 Å². The standard InChI is InChI=1S/C23H28N2O2/c1-16(2)17-11-13-21(14-12-17)25-23(27)19-8-6-7-18(15-19)22(26)24-20-9-4-3-5-10-20/h6-8,11-16,20H,3-5,9-10H2,1-2H3,(H,24,26)(H,25,27). The number of benzene rings is 2. The Bertz CT molecular complexity index is 790. The number of carbonyl (C=O) groups excluding carboxylic acids is 2. The van der Waals surface area contributed by atoms with Crippen molar-refractivity contribution < 1.29 is 9.59 Å². The Balaban J connectivity index is 1.65. The molecule has 1 aliphatic rings. The lowest BCUT2D eigenvalue weighted by molar-refractivity contribution is 0.0927. The molecular formula is C23H28N2O2. The maximum atomic E-state index is 12.6. The lowest BCUT2D eigenvalue weighted by Crippen LogP contribution is -2.36. The van der Waals surface area contributed by atoms with Crippen LogP contribution in [0.25, 0.3) is 0 Å². The quantitative estimate of drug-likeness (QED) is 0.773. The number of rotatable bonds is 5. The fraction of sp³-hybridized carbons (Fsp3) is 0.391. The summed E-state index contributed by atoms with van der Waals surface area (Å²) in [6.45, 7) is 4.27. The molecule has 4 nitrogen and oxygen atoms in total. The van der Waals surface area contributed by atoms with Crippen molar-refractivity contribution in [2.45, 2.75) is 57.9 Å². The van der Waals surface area contributed by atoms with Gasteiger partial charge < -0.3 is 10.6 Å². The fourth-order valence-corrected chi connectivity index (χ4v) is 3.47. The second-order valence-electron chi connectivity index (χ2n) is 7.62. The number of anilines is 1. The van der Waals surface area contributed by atoms with Crippen LogP contribution in [0.4, 0.5) is 5.69 Å². The van der Waals surface area contributed by atoms with E-state index in [0.29, 0.717) is 17.0 Å². The number of nitrogens with one attached hydrogen (secondary N) is 2. The van der Waals surface area contributed by atoms with Crippen molar-refractivity contribution in [1.82, 2.24) is 5.32 Å². The van der Waals surface area contributed by atoms with Crippen molar-refractivity contribution in [2.24, 2.45) is 0 Å². The van der Waals surface area contributed by atoms with Crippen LogP contribution in [-0.4, -0.2) is 17.9 Å². The SMILES string of the molecule is CC(C)c1ccc(NC(=O)c2cccc(C(=O)NC3CCCCC3)c2)cc1. The zero-order chi connectivity index (χ0) is 19.2. The second kappa shape index (κ2) is 8.85. The summed E-state index contributed by atoms with van der Waals surface area (Å²) in [5.41, 5.74) is 3.00. The van der Waals surface area contributed by atoms with Gasteiger partial charge in [-0.25, -0.2) is 0 Å². The predicted octanol–water partition coefficient (Wildman–Crippen LogP) is 5.12. The lowest BCUT2D eigenvalue weighted by Gasteiger charge is -2.22. The predicted molar refractivity (Wildman–Crippen MR) is 109 cm³/mol. The molecule has 0 unspecified atom stereocenters. The third kappa shape index (κ3) is 5.19. The first-order chi connectivity index (χ1) is 13.0. The average molecular weight is 364 g/mol. The molecule has 2 aromatic rings. The number of hydrogen-bond acceptors (Lipinski definition) is 2. The van der Waals surface area contributed by atoms with Gasteiger partial charge in [0.25, 0.3) is 11.8 Å². The van der Waals surface area contributed by atoms with Gasteiger partial charge in [0.1, 0.15) is 0 Å². The molecule has 27 heavy (non-hydrogen) atoms. The summed E-state index contributed by atoms with van der Waals surface area (Å²) < 4.78 is 0. The van der Waals surface area contributed by atoms with Gasteiger partial charge >= 0.3 is 0 Å². The van der Waals surface area contributed by atoms with Gasteiger partial charge in [0.05, 0.1) is 0 Å². The first-order valence-corrected chi connectivity index (χ1v) is 9.85. The Hall–Kier alpha value is -2.62. The van der Waals surface area contributed by atoms with Gasteiger partial charge in [-0.15, -0.1) is 0 Å². The van der Waals surface area contributed by atoms with Gasteiger partial charge in [0.2, 0.25) is 0 Å². The molecule has 2 aromatic carbocycles. The van der Waals surface area contributed by atoms with E-state index in [4.69, 9.17) is 0 Å². The summed E-state index contributed by atoms with van der Waals surface area (Å²) >= 11 is 0. The number of hydrogen-bond donors (Lipinski definition) is 2. The summed E-state index contributed by atoms with van der Waals surface area (Å²) in [6.07, 6.45) is 5.67. The Morgan fingerprint density at radius 1 is 0.889 bits per heavy atom. The minimum absolute atomic E-state index is 0.0992. The maximum absolute atomic E-state index is 12.6. The molecule has 2 amide bonds. The molecule has 0 spiro atoms. The summed E-state index contributed by atoms with van der Waals surface area (Å²) in [4.78, 5) is 25.1. The van der Waals surface area contributed by atoms with Gasteiger partial charge in [0.15, 0.2) is 0 Å². The van der Waals surface area contributed by atoms with Crippen molar-refractivity contribution >= 4 is 17.5 Å². The third-order valence-electron chi connectivity index (χ3n) is 5.16. The molecule has 0 atom stereocenters. The largest absolute Gasteiger partial charge is 0.349 e. The smallest absolute Gasteiger partial charge is 0.255 e. The van der Waals surface area contributed by atoms with Gasteiger partial charge in [-0.2, -0.15) is 0 Å². The van der Waals surface area contributed by atoms with E-state index in [-0.39, 0.29) is 17.9 Å². The zero-order valence-electron chi connectivity index (χ0n) is 16.1. The maximum Gasteiger partial charge on any atom is 0.255 e. The van der Waals surface area contributed by atoms with Crippen molar-refractivity contribution in [3.63, 3.8) is 0 Å². The van der Waals surface area contributed by atoms with Crippen LogP contribution in [0.1, 0.15) is 78.1 Å². The molecule has 1 fully saturated rings. The van der Waals surface area contributed by atoms with E-state index in [1.807, 2.05) is 24.3 Å². The van der Waals surface area contributed by atoms with E-state index < -0.39 is 0 Å². The normalized spacial score (nSPS) is 14.8. The van der Waals surface area contributed by atoms with Crippen molar-refractivity contribution in [3.05, 3.63) is 65.2 Å². The van der Waals surface area contributed by atoms with E-state index in [1.165, 1.54) is 24.8 Å². The van der Waals surface area contributed by atoms with E-state index >= 15 is 0 Å². The van der Waals surface area contributed by atoms with E-state index in [0.717, 1.165) is 18.5 Å². The van der Waals surface area contributed by atoms with Crippen LogP contribution >= 0.6 is 0 Å². The average Bonchev–Trinajstić information content (AvgIpc) is 2.69. The van der Waals surface area contributed by atoms with Crippen molar-refractivity contribution in [3.8, 4) is 0 Å². The molecule has 142 valence electrons. The van der Waals surface area contributed by atoms with E-state index in [2.05, 4.69) is 24.5 Å². The summed E-state index contributed by atoms with van der Waals surface area (Å²) in [7, 11) is 0.